The van der Waals surface area contributed by atoms with E-state index in [0.29, 0.717) is 55.2 Å². The Morgan fingerprint density at radius 2 is 1.93 bits per heavy atom. The second kappa shape index (κ2) is 12.6. The third kappa shape index (κ3) is 5.63. The van der Waals surface area contributed by atoms with Crippen molar-refractivity contribution in [3.05, 3.63) is 71.7 Å². The molecule has 3 aromatic heterocycles. The summed E-state index contributed by atoms with van der Waals surface area (Å²) in [6.45, 7) is 2.78. The number of carbonyl (C=O) groups is 1. The topological polar surface area (TPSA) is 144 Å². The maximum Gasteiger partial charge on any atom is 0.409 e. The first-order valence-corrected chi connectivity index (χ1v) is 15.3. The summed E-state index contributed by atoms with van der Waals surface area (Å²) in [5.41, 5.74) is 8.00. The molecule has 1 saturated heterocycles. The molecule has 3 N–H and O–H groups in total. The lowest BCUT2D eigenvalue weighted by Gasteiger charge is -2.43. The average molecular weight is 631 g/mol. The molecule has 1 aliphatic carbocycles. The fourth-order valence-electron chi connectivity index (χ4n) is 7.13. The van der Waals surface area contributed by atoms with E-state index in [1.54, 1.807) is 42.7 Å². The number of aromatic nitrogens is 4. The predicted molar refractivity (Wildman–Crippen MR) is 166 cm³/mol. The Hall–Kier alpha value is -4.67. The van der Waals surface area contributed by atoms with E-state index >= 15 is 8.78 Å². The van der Waals surface area contributed by atoms with Crippen LogP contribution in [0.5, 0.6) is 0 Å². The van der Waals surface area contributed by atoms with E-state index in [2.05, 4.69) is 33.4 Å². The molecule has 6 rings (SSSR count). The molecule has 0 spiro atoms. The first kappa shape index (κ1) is 31.3. The number of hydrogen-bond donors (Lipinski definition) is 2. The highest BCUT2D eigenvalue weighted by molar-refractivity contribution is 5.68. The van der Waals surface area contributed by atoms with Gasteiger partial charge in [-0.15, -0.1) is 0 Å². The number of methoxy groups -OCH3 is 1. The zero-order valence-electron chi connectivity index (χ0n) is 25.9. The van der Waals surface area contributed by atoms with Crippen LogP contribution >= 0.6 is 0 Å². The molecular formula is C33H36F2N8O3. The number of nitriles is 1. The smallest absolute Gasteiger partial charge is 0.409 e. The molecule has 1 amide bonds. The molecule has 0 bridgehead atoms. The van der Waals surface area contributed by atoms with Crippen LogP contribution < -0.4 is 11.1 Å². The van der Waals surface area contributed by atoms with Crippen molar-refractivity contribution < 1.29 is 23.0 Å². The first-order chi connectivity index (χ1) is 22.2. The van der Waals surface area contributed by atoms with Crippen molar-refractivity contribution in [2.24, 2.45) is 11.7 Å². The summed E-state index contributed by atoms with van der Waals surface area (Å²) in [7, 11) is 3.06. The summed E-state index contributed by atoms with van der Waals surface area (Å²) < 4.78 is 43.0. The number of amides is 1. The maximum absolute atomic E-state index is 15.6. The van der Waals surface area contributed by atoms with Gasteiger partial charge in [0, 0.05) is 32.5 Å². The number of rotatable bonds is 6. The van der Waals surface area contributed by atoms with E-state index in [1.165, 1.54) is 23.8 Å². The van der Waals surface area contributed by atoms with Gasteiger partial charge in [-0.2, -0.15) is 14.9 Å². The molecule has 1 aliphatic heterocycles. The molecular weight excluding hydrogens is 594 g/mol. The molecule has 1 aromatic carbocycles. The van der Waals surface area contributed by atoms with Crippen molar-refractivity contribution in [3.8, 4) is 17.3 Å². The number of benzene rings is 1. The normalized spacial score (nSPS) is 22.6. The number of hydrogen-bond acceptors (Lipinski definition) is 9. The van der Waals surface area contributed by atoms with Crippen LogP contribution in [0.15, 0.2) is 48.9 Å². The van der Waals surface area contributed by atoms with Gasteiger partial charge < -0.3 is 25.4 Å². The zero-order valence-corrected chi connectivity index (χ0v) is 25.9. The van der Waals surface area contributed by atoms with Gasteiger partial charge in [0.25, 0.3) is 0 Å². The van der Waals surface area contributed by atoms with Gasteiger partial charge in [-0.3, -0.25) is 4.98 Å². The number of ether oxygens (including phenoxy) is 2. The van der Waals surface area contributed by atoms with Crippen LogP contribution in [0.4, 0.5) is 25.2 Å². The lowest BCUT2D eigenvalue weighted by atomic mass is 9.73. The molecule has 46 heavy (non-hydrogen) atoms. The molecule has 240 valence electrons. The molecule has 11 nitrogen and oxygen atoms in total. The van der Waals surface area contributed by atoms with E-state index in [4.69, 9.17) is 15.2 Å². The van der Waals surface area contributed by atoms with Gasteiger partial charge in [0.05, 0.1) is 59.5 Å². The molecule has 4 heterocycles. The van der Waals surface area contributed by atoms with Crippen molar-refractivity contribution in [1.29, 1.82) is 5.26 Å². The van der Waals surface area contributed by atoms with Crippen molar-refractivity contribution in [3.63, 3.8) is 0 Å². The molecule has 4 aromatic rings. The van der Waals surface area contributed by atoms with E-state index < -0.39 is 23.1 Å². The van der Waals surface area contributed by atoms with Gasteiger partial charge in [-0.05, 0) is 79.0 Å². The Morgan fingerprint density at radius 1 is 1.20 bits per heavy atom. The first-order valence-electron chi connectivity index (χ1n) is 15.3. The van der Waals surface area contributed by atoms with Gasteiger partial charge in [0.15, 0.2) is 0 Å². The zero-order chi connectivity index (χ0) is 32.6. The van der Waals surface area contributed by atoms with Crippen LogP contribution in [0.2, 0.25) is 0 Å². The molecule has 1 saturated carbocycles. The summed E-state index contributed by atoms with van der Waals surface area (Å²) in [5, 5.41) is 17.8. The van der Waals surface area contributed by atoms with Crippen LogP contribution in [0.25, 0.3) is 16.8 Å². The Labute approximate surface area is 265 Å². The highest BCUT2D eigenvalue weighted by Crippen LogP contribution is 2.41. The quantitative estimate of drug-likeness (QED) is 0.290. The number of imidazole rings is 1. The van der Waals surface area contributed by atoms with Gasteiger partial charge >= 0.3 is 6.09 Å². The molecule has 2 fully saturated rings. The minimum atomic E-state index is -1.00. The summed E-state index contributed by atoms with van der Waals surface area (Å²) in [6.07, 6.45) is 6.74. The Bertz CT molecular complexity index is 1770. The third-order valence-corrected chi connectivity index (χ3v) is 9.48. The maximum atomic E-state index is 15.6. The van der Waals surface area contributed by atoms with Crippen molar-refractivity contribution in [2.75, 3.05) is 32.7 Å². The Balaban J connectivity index is 1.29. The standard InChI is InChI=1S/C33H36F2N8O3/c1-19-12-20(13-26(37)30(19)42(2)32(44)45-3)23-6-9-38-17-28(23)40-31-39-16-22-4-5-27(41-43(22)31)29-24(34)14-21(15-25(29)35)33(18-36)7-10-46-11-8-33/h4-6,9,14-17,19-20,26,30H,7-8,10-13,37H2,1-3H3,(H,39,40)/t19-,20+,26+,30-/m0/s1. The van der Waals surface area contributed by atoms with Crippen molar-refractivity contribution in [1.82, 2.24) is 24.5 Å². The van der Waals surface area contributed by atoms with Crippen molar-refractivity contribution >= 4 is 23.2 Å². The second-order valence-corrected chi connectivity index (χ2v) is 12.2. The number of nitrogens with zero attached hydrogens (tertiary/aromatic N) is 6. The Morgan fingerprint density at radius 3 is 2.61 bits per heavy atom. The average Bonchev–Trinajstić information content (AvgIpc) is 3.45. The molecule has 0 unspecified atom stereocenters. The number of anilines is 2. The lowest BCUT2D eigenvalue weighted by molar-refractivity contribution is 0.0673. The fourth-order valence-corrected chi connectivity index (χ4v) is 7.13. The summed E-state index contributed by atoms with van der Waals surface area (Å²) in [6, 6.07) is 9.45. The van der Waals surface area contributed by atoms with Crippen molar-refractivity contribution in [2.45, 2.75) is 56.0 Å². The monoisotopic (exact) mass is 630 g/mol. The fraction of sp³-hybridized carbons (Fsp3) is 0.424. The van der Waals surface area contributed by atoms with Gasteiger partial charge in [0.2, 0.25) is 5.95 Å². The van der Waals surface area contributed by atoms with E-state index in [9.17, 15) is 10.1 Å². The summed E-state index contributed by atoms with van der Waals surface area (Å²) in [4.78, 5) is 22.6. The van der Waals surface area contributed by atoms with Gasteiger partial charge in [0.1, 0.15) is 11.6 Å². The number of fused-ring (bicyclic) bond motifs is 1. The minimum absolute atomic E-state index is 0.0710. The number of likely N-dealkylation sites (N-methyl/N-ethyl adjacent to an activating group) is 1. The predicted octanol–water partition coefficient (Wildman–Crippen LogP) is 5.29. The van der Waals surface area contributed by atoms with Gasteiger partial charge in [-0.1, -0.05) is 6.92 Å². The van der Waals surface area contributed by atoms with Crippen LogP contribution in [-0.2, 0) is 14.9 Å². The second-order valence-electron chi connectivity index (χ2n) is 12.2. The van der Waals surface area contributed by atoms with E-state index in [-0.39, 0.29) is 35.2 Å². The summed E-state index contributed by atoms with van der Waals surface area (Å²) >= 11 is 0. The number of halogens is 2. The summed E-state index contributed by atoms with van der Waals surface area (Å²) in [5.74, 6) is -1.09. The highest BCUT2D eigenvalue weighted by atomic mass is 19.1. The van der Waals surface area contributed by atoms with Gasteiger partial charge in [-0.25, -0.2) is 18.6 Å². The molecule has 2 aliphatic rings. The largest absolute Gasteiger partial charge is 0.453 e. The van der Waals surface area contributed by atoms with Crippen LogP contribution in [0, 0.1) is 28.9 Å². The van der Waals surface area contributed by atoms with Crippen LogP contribution in [0.3, 0.4) is 0 Å². The highest BCUT2D eigenvalue weighted by Gasteiger charge is 2.39. The lowest BCUT2D eigenvalue weighted by Crippen LogP contribution is -2.55. The molecule has 0 radical (unpaired) electrons. The van der Waals surface area contributed by atoms with Crippen LogP contribution in [-0.4, -0.2) is 70.0 Å². The van der Waals surface area contributed by atoms with E-state index in [0.717, 1.165) is 12.0 Å². The molecule has 4 atom stereocenters. The third-order valence-electron chi connectivity index (χ3n) is 9.48. The number of nitrogens with one attached hydrogen (secondary N) is 1. The van der Waals surface area contributed by atoms with E-state index in [1.807, 2.05) is 6.07 Å². The number of pyridine rings is 1. The minimum Gasteiger partial charge on any atom is -0.453 e. The number of carbonyl (C=O) groups excluding carboxylic acids is 1. The SMILES string of the molecule is COC(=O)N(C)[C@@H]1[C@H](N)C[C@H](c2ccncc2Nc2ncc3ccc(-c4c(F)cc(C5(C#N)CCOCC5)cc4F)nn23)C[C@@H]1C. The number of nitrogens with two attached hydrogens (primary N) is 1. The van der Waals surface area contributed by atoms with Crippen LogP contribution in [0.1, 0.15) is 49.7 Å². The molecule has 13 heteroatoms. The Kier molecular flexibility index (Phi) is 8.59.